The van der Waals surface area contributed by atoms with E-state index in [4.69, 9.17) is 10.1 Å². The summed E-state index contributed by atoms with van der Waals surface area (Å²) in [7, 11) is -1.15. The quantitative estimate of drug-likeness (QED) is 0.466. The molecule has 0 amide bonds. The van der Waals surface area contributed by atoms with Gasteiger partial charge < -0.3 is 14.8 Å². The lowest BCUT2D eigenvalue weighted by Crippen LogP contribution is -2.41. The fraction of sp³-hybridized carbons (Fsp3) is 0.348. The number of hydrogen-bond acceptors (Lipinski definition) is 7. The molecule has 0 unspecified atom stereocenters. The summed E-state index contributed by atoms with van der Waals surface area (Å²) in [5, 5.41) is 8.04. The van der Waals surface area contributed by atoms with E-state index < -0.39 is 9.84 Å². The molecule has 1 saturated heterocycles. The zero-order valence-corrected chi connectivity index (χ0v) is 20.0. The van der Waals surface area contributed by atoms with E-state index >= 15 is 0 Å². The van der Waals surface area contributed by atoms with Crippen molar-refractivity contribution in [3.05, 3.63) is 65.5 Å². The second kappa shape index (κ2) is 8.39. The standard InChI is InChI=1S/C23H26FN7O2S/c1-15(17-4-6-18(24)7-5-17)22-16(2)28-31-21(30-8-10-34(32,33)11-9-30)12-19(27-23(22)31)26-20-13-29(3)14-25-20/h4-7,12-15H,8-11H2,1-3H3,(H,26,27)/t15-/m0/s1. The molecule has 4 heterocycles. The number of nitrogens with zero attached hydrogens (tertiary/aromatic N) is 6. The molecule has 0 bridgehead atoms. The fourth-order valence-corrected chi connectivity index (χ4v) is 5.59. The minimum atomic E-state index is -3.03. The summed E-state index contributed by atoms with van der Waals surface area (Å²) >= 11 is 0. The van der Waals surface area contributed by atoms with Gasteiger partial charge in [0.15, 0.2) is 15.5 Å². The smallest absolute Gasteiger partial charge is 0.163 e. The normalized spacial score (nSPS) is 16.6. The van der Waals surface area contributed by atoms with Crippen LogP contribution in [0.25, 0.3) is 5.65 Å². The van der Waals surface area contributed by atoms with Crippen molar-refractivity contribution in [3.63, 3.8) is 0 Å². The molecule has 11 heteroatoms. The molecule has 1 aliphatic rings. The molecule has 0 radical (unpaired) electrons. The number of rotatable bonds is 5. The number of anilines is 3. The highest BCUT2D eigenvalue weighted by Gasteiger charge is 2.27. The second-order valence-electron chi connectivity index (χ2n) is 8.70. The Hall–Kier alpha value is -3.47. The van der Waals surface area contributed by atoms with Crippen molar-refractivity contribution < 1.29 is 12.8 Å². The number of hydrogen-bond donors (Lipinski definition) is 1. The molecule has 34 heavy (non-hydrogen) atoms. The van der Waals surface area contributed by atoms with Gasteiger partial charge in [-0.2, -0.15) is 9.61 Å². The zero-order chi connectivity index (χ0) is 24.0. The van der Waals surface area contributed by atoms with Gasteiger partial charge >= 0.3 is 0 Å². The molecular formula is C23H26FN7O2S. The molecule has 0 spiro atoms. The van der Waals surface area contributed by atoms with E-state index in [1.165, 1.54) is 12.1 Å². The molecule has 1 aromatic carbocycles. The lowest BCUT2D eigenvalue weighted by Gasteiger charge is -2.29. The van der Waals surface area contributed by atoms with E-state index in [1.807, 2.05) is 42.6 Å². The van der Waals surface area contributed by atoms with Crippen molar-refractivity contribution in [2.24, 2.45) is 7.05 Å². The molecule has 0 aliphatic carbocycles. The largest absolute Gasteiger partial charge is 0.354 e. The van der Waals surface area contributed by atoms with Crippen LogP contribution in [-0.2, 0) is 16.9 Å². The Morgan fingerprint density at radius 1 is 1.12 bits per heavy atom. The minimum Gasteiger partial charge on any atom is -0.354 e. The van der Waals surface area contributed by atoms with Crippen molar-refractivity contribution in [2.45, 2.75) is 19.8 Å². The number of fused-ring (bicyclic) bond motifs is 1. The number of benzene rings is 1. The first-order valence-electron chi connectivity index (χ1n) is 11.1. The molecule has 1 atom stereocenters. The van der Waals surface area contributed by atoms with Gasteiger partial charge in [0.1, 0.15) is 23.3 Å². The van der Waals surface area contributed by atoms with Crippen LogP contribution in [0.1, 0.15) is 29.7 Å². The number of nitrogens with one attached hydrogen (secondary N) is 1. The van der Waals surface area contributed by atoms with Crippen LogP contribution in [0.2, 0.25) is 0 Å². The van der Waals surface area contributed by atoms with Crippen molar-refractivity contribution in [3.8, 4) is 0 Å². The third-order valence-corrected chi connectivity index (χ3v) is 7.83. The van der Waals surface area contributed by atoms with Gasteiger partial charge in [0.2, 0.25) is 0 Å². The predicted octanol–water partition coefficient (Wildman–Crippen LogP) is 3.04. The summed E-state index contributed by atoms with van der Waals surface area (Å²) in [6, 6.07) is 8.32. The third-order valence-electron chi connectivity index (χ3n) is 6.22. The van der Waals surface area contributed by atoms with E-state index in [1.54, 1.807) is 23.0 Å². The van der Waals surface area contributed by atoms with Crippen molar-refractivity contribution in [2.75, 3.05) is 34.8 Å². The van der Waals surface area contributed by atoms with Gasteiger partial charge in [0.25, 0.3) is 0 Å². The Bertz CT molecular complexity index is 1450. The maximum Gasteiger partial charge on any atom is 0.163 e. The number of halogens is 1. The molecule has 1 aliphatic heterocycles. The van der Waals surface area contributed by atoms with E-state index in [2.05, 4.69) is 10.3 Å². The van der Waals surface area contributed by atoms with Crippen LogP contribution in [0.5, 0.6) is 0 Å². The number of aryl methyl sites for hydroxylation is 2. The number of imidazole rings is 1. The average molecular weight is 484 g/mol. The maximum atomic E-state index is 13.5. The van der Waals surface area contributed by atoms with Crippen LogP contribution in [-0.4, -0.2) is 57.2 Å². The third kappa shape index (κ3) is 4.23. The van der Waals surface area contributed by atoms with Crippen molar-refractivity contribution >= 4 is 32.9 Å². The molecule has 5 rings (SSSR count). The molecule has 1 fully saturated rings. The average Bonchev–Trinajstić information content (AvgIpc) is 3.35. The second-order valence-corrected chi connectivity index (χ2v) is 11.0. The molecule has 3 aromatic heterocycles. The first kappa shape index (κ1) is 22.3. The highest BCUT2D eigenvalue weighted by Crippen LogP contribution is 2.33. The first-order chi connectivity index (χ1) is 16.2. The van der Waals surface area contributed by atoms with Crippen LogP contribution in [0, 0.1) is 12.7 Å². The summed E-state index contributed by atoms with van der Waals surface area (Å²) in [5.74, 6) is 1.83. The molecule has 9 nitrogen and oxygen atoms in total. The van der Waals surface area contributed by atoms with Crippen LogP contribution in [0.15, 0.2) is 42.9 Å². The van der Waals surface area contributed by atoms with Gasteiger partial charge in [-0.3, -0.25) is 0 Å². The maximum absolute atomic E-state index is 13.5. The Kier molecular flexibility index (Phi) is 5.51. The Balaban J connectivity index is 1.64. The van der Waals surface area contributed by atoms with Gasteiger partial charge in [-0.1, -0.05) is 19.1 Å². The Labute approximate surface area is 197 Å². The number of aromatic nitrogens is 5. The predicted molar refractivity (Wildman–Crippen MR) is 129 cm³/mol. The lowest BCUT2D eigenvalue weighted by molar-refractivity contribution is 0.585. The molecule has 4 aromatic rings. The van der Waals surface area contributed by atoms with Gasteiger partial charge in [0.05, 0.1) is 23.5 Å². The highest BCUT2D eigenvalue weighted by atomic mass is 32.2. The van der Waals surface area contributed by atoms with E-state index in [9.17, 15) is 12.8 Å². The molecule has 1 N–H and O–H groups in total. The van der Waals surface area contributed by atoms with Crippen LogP contribution < -0.4 is 10.2 Å². The van der Waals surface area contributed by atoms with E-state index in [0.717, 1.165) is 22.6 Å². The van der Waals surface area contributed by atoms with E-state index in [0.29, 0.717) is 30.4 Å². The summed E-state index contributed by atoms with van der Waals surface area (Å²) in [4.78, 5) is 11.2. The van der Waals surface area contributed by atoms with Crippen molar-refractivity contribution in [1.82, 2.24) is 24.1 Å². The summed E-state index contributed by atoms with van der Waals surface area (Å²) < 4.78 is 41.2. The van der Waals surface area contributed by atoms with Gasteiger partial charge in [0, 0.05) is 43.9 Å². The van der Waals surface area contributed by atoms with Crippen LogP contribution in [0.4, 0.5) is 21.8 Å². The topological polar surface area (TPSA) is 97.4 Å². The highest BCUT2D eigenvalue weighted by molar-refractivity contribution is 7.91. The zero-order valence-electron chi connectivity index (χ0n) is 19.2. The summed E-state index contributed by atoms with van der Waals surface area (Å²) in [5.41, 5.74) is 3.36. The van der Waals surface area contributed by atoms with Crippen LogP contribution in [0.3, 0.4) is 0 Å². The monoisotopic (exact) mass is 483 g/mol. The molecule has 178 valence electrons. The first-order valence-corrected chi connectivity index (χ1v) is 12.9. The van der Waals surface area contributed by atoms with Gasteiger partial charge in [-0.05, 0) is 24.6 Å². The Morgan fingerprint density at radius 2 is 1.82 bits per heavy atom. The minimum absolute atomic E-state index is 0.0784. The number of sulfone groups is 1. The summed E-state index contributed by atoms with van der Waals surface area (Å²) in [6.45, 7) is 4.74. The van der Waals surface area contributed by atoms with Crippen molar-refractivity contribution in [1.29, 1.82) is 0 Å². The van der Waals surface area contributed by atoms with E-state index in [-0.39, 0.29) is 23.2 Å². The fourth-order valence-electron chi connectivity index (χ4n) is 4.39. The van der Waals surface area contributed by atoms with Gasteiger partial charge in [-0.15, -0.1) is 0 Å². The Morgan fingerprint density at radius 3 is 2.47 bits per heavy atom. The van der Waals surface area contributed by atoms with Gasteiger partial charge in [-0.25, -0.2) is 22.8 Å². The molecular weight excluding hydrogens is 457 g/mol. The SMILES string of the molecule is Cc1nn2c(N3CCS(=O)(=O)CC3)cc(Nc3cn(C)cn3)nc2c1[C@@H](C)c1ccc(F)cc1. The molecule has 0 saturated carbocycles. The summed E-state index contributed by atoms with van der Waals surface area (Å²) in [6.07, 6.45) is 3.55. The lowest BCUT2D eigenvalue weighted by atomic mass is 9.93. The van der Waals surface area contributed by atoms with Crippen LogP contribution >= 0.6 is 0 Å².